The maximum Gasteiger partial charge on any atom is 0.332 e. The molecular weight excluding hydrogens is 266 g/mol. The van der Waals surface area contributed by atoms with Crippen molar-refractivity contribution in [3.63, 3.8) is 0 Å². The van der Waals surface area contributed by atoms with Crippen molar-refractivity contribution in [1.82, 2.24) is 19.1 Å². The molecule has 0 atom stereocenters. The molecule has 3 rings (SSSR count). The molecule has 0 aliphatic carbocycles. The van der Waals surface area contributed by atoms with Crippen LogP contribution in [0.25, 0.3) is 22.7 Å². The summed E-state index contributed by atoms with van der Waals surface area (Å²) in [7, 11) is 2.89. The van der Waals surface area contributed by atoms with Gasteiger partial charge in [0.25, 0.3) is 11.4 Å². The van der Waals surface area contributed by atoms with Gasteiger partial charge >= 0.3 is 5.69 Å². The van der Waals surface area contributed by atoms with Crippen LogP contribution in [0.15, 0.2) is 31.3 Å². The summed E-state index contributed by atoms with van der Waals surface area (Å²) in [6.07, 6.45) is 0. The quantitative estimate of drug-likeness (QED) is 0.688. The molecule has 9 nitrogen and oxygen atoms in total. The van der Waals surface area contributed by atoms with Crippen LogP contribution in [0.3, 0.4) is 0 Å². The molecule has 3 heterocycles. The van der Waals surface area contributed by atoms with E-state index in [-0.39, 0.29) is 28.6 Å². The highest BCUT2D eigenvalue weighted by Gasteiger charge is 2.16. The highest BCUT2D eigenvalue weighted by Crippen LogP contribution is 2.24. The standard InChI is InChI=1S/C11H9N5O4/c1-15-9-7(10(17)16(2)11(15)18)12-8(13-9)5-3-4-6(14-19)20-5/h3-4H,1-2H3,(H,12,13). The third-order valence-corrected chi connectivity index (χ3v) is 3.01. The largest absolute Gasteiger partial charge is 0.432 e. The van der Waals surface area contributed by atoms with E-state index in [4.69, 9.17) is 4.42 Å². The molecule has 0 saturated heterocycles. The normalized spacial score (nSPS) is 11.1. The number of hydrogen-bond donors (Lipinski definition) is 1. The van der Waals surface area contributed by atoms with E-state index in [2.05, 4.69) is 15.1 Å². The maximum absolute atomic E-state index is 12.0. The van der Waals surface area contributed by atoms with Crippen molar-refractivity contribution < 1.29 is 4.42 Å². The lowest BCUT2D eigenvalue weighted by Gasteiger charge is -2.00. The van der Waals surface area contributed by atoms with Gasteiger partial charge in [-0.15, -0.1) is 4.91 Å². The average molecular weight is 275 g/mol. The summed E-state index contributed by atoms with van der Waals surface area (Å²) in [4.78, 5) is 41.1. The molecular formula is C11H9N5O4. The van der Waals surface area contributed by atoms with Crippen LogP contribution in [0.2, 0.25) is 0 Å². The van der Waals surface area contributed by atoms with Gasteiger partial charge in [0, 0.05) is 25.3 Å². The topological polar surface area (TPSA) is 115 Å². The number of imidazole rings is 1. The van der Waals surface area contributed by atoms with Gasteiger partial charge in [0.15, 0.2) is 17.2 Å². The summed E-state index contributed by atoms with van der Waals surface area (Å²) >= 11 is 0. The molecule has 0 aliphatic rings. The van der Waals surface area contributed by atoms with Gasteiger partial charge in [-0.3, -0.25) is 13.9 Å². The summed E-state index contributed by atoms with van der Waals surface area (Å²) in [5.41, 5.74) is -0.566. The Morgan fingerprint density at radius 1 is 1.25 bits per heavy atom. The average Bonchev–Trinajstić information content (AvgIpc) is 3.08. The van der Waals surface area contributed by atoms with Crippen molar-refractivity contribution in [3.8, 4) is 11.6 Å². The van der Waals surface area contributed by atoms with Gasteiger partial charge in [-0.05, 0) is 6.07 Å². The molecule has 9 heteroatoms. The summed E-state index contributed by atoms with van der Waals surface area (Å²) in [6, 6.07) is 2.88. The van der Waals surface area contributed by atoms with Crippen LogP contribution in [0.1, 0.15) is 0 Å². The lowest BCUT2D eigenvalue weighted by Crippen LogP contribution is -2.36. The minimum absolute atomic E-state index is 0.0951. The Balaban J connectivity index is 2.33. The molecule has 0 bridgehead atoms. The number of aromatic amines is 1. The Hall–Kier alpha value is -2.97. The number of aryl methyl sites for hydroxylation is 1. The zero-order valence-corrected chi connectivity index (χ0v) is 10.6. The third kappa shape index (κ3) is 1.53. The van der Waals surface area contributed by atoms with E-state index in [0.29, 0.717) is 0 Å². The Morgan fingerprint density at radius 3 is 2.65 bits per heavy atom. The number of nitrogens with one attached hydrogen (secondary N) is 1. The van der Waals surface area contributed by atoms with Crippen LogP contribution < -0.4 is 11.2 Å². The molecule has 1 N–H and O–H groups in total. The molecule has 3 aromatic rings. The van der Waals surface area contributed by atoms with Crippen molar-refractivity contribution in [2.24, 2.45) is 19.3 Å². The van der Waals surface area contributed by atoms with E-state index >= 15 is 0 Å². The van der Waals surface area contributed by atoms with Gasteiger partial charge in [0.2, 0.25) is 0 Å². The first-order valence-corrected chi connectivity index (χ1v) is 5.62. The second-order valence-electron chi connectivity index (χ2n) is 4.22. The maximum atomic E-state index is 12.0. The summed E-state index contributed by atoms with van der Waals surface area (Å²) < 4.78 is 7.35. The zero-order chi connectivity index (χ0) is 14.4. The van der Waals surface area contributed by atoms with E-state index < -0.39 is 11.2 Å². The van der Waals surface area contributed by atoms with Gasteiger partial charge in [-0.1, -0.05) is 0 Å². The molecule has 0 radical (unpaired) electrons. The molecule has 0 amide bonds. The number of rotatable bonds is 2. The SMILES string of the molecule is Cn1c(=O)c2[nH]c(-c3ccc(N=O)o3)nc2n(C)c1=O. The second kappa shape index (κ2) is 4.02. The number of furan rings is 1. The minimum atomic E-state index is -0.484. The van der Waals surface area contributed by atoms with Gasteiger partial charge in [0.05, 0.1) is 0 Å². The van der Waals surface area contributed by atoms with Crippen LogP contribution in [0.4, 0.5) is 5.88 Å². The predicted octanol–water partition coefficient (Wildman–Crippen LogP) is 0.618. The van der Waals surface area contributed by atoms with Gasteiger partial charge in [-0.2, -0.15) is 0 Å². The van der Waals surface area contributed by atoms with Gasteiger partial charge in [0.1, 0.15) is 5.52 Å². The lowest BCUT2D eigenvalue weighted by molar-refractivity contribution is 0.587. The fraction of sp³-hybridized carbons (Fsp3) is 0.182. The van der Waals surface area contributed by atoms with Crippen molar-refractivity contribution in [3.05, 3.63) is 37.9 Å². The van der Waals surface area contributed by atoms with Crippen LogP contribution in [-0.4, -0.2) is 19.1 Å². The molecule has 102 valence electrons. The fourth-order valence-corrected chi connectivity index (χ4v) is 1.95. The van der Waals surface area contributed by atoms with Crippen molar-refractivity contribution in [2.45, 2.75) is 0 Å². The van der Waals surface area contributed by atoms with E-state index in [1.165, 1.54) is 30.8 Å². The number of nitrogens with zero attached hydrogens (tertiary/aromatic N) is 4. The Bertz CT molecular complexity index is 942. The predicted molar refractivity (Wildman–Crippen MR) is 69.7 cm³/mol. The summed E-state index contributed by atoms with van der Waals surface area (Å²) in [5.74, 6) is 0.403. The number of H-pyrrole nitrogens is 1. The van der Waals surface area contributed by atoms with Crippen LogP contribution in [-0.2, 0) is 14.1 Å². The fourth-order valence-electron chi connectivity index (χ4n) is 1.95. The van der Waals surface area contributed by atoms with Crippen LogP contribution in [0.5, 0.6) is 0 Å². The van der Waals surface area contributed by atoms with Crippen LogP contribution in [0, 0.1) is 4.91 Å². The van der Waals surface area contributed by atoms with Crippen molar-refractivity contribution in [2.75, 3.05) is 0 Å². The molecule has 0 unspecified atom stereocenters. The molecule has 0 saturated carbocycles. The summed E-state index contributed by atoms with van der Waals surface area (Å²) in [5, 5.41) is 2.65. The number of nitroso groups, excluding NO2 is 1. The monoisotopic (exact) mass is 275 g/mol. The molecule has 0 fully saturated rings. The van der Waals surface area contributed by atoms with Crippen molar-refractivity contribution in [1.29, 1.82) is 0 Å². The van der Waals surface area contributed by atoms with Gasteiger partial charge < -0.3 is 9.40 Å². The lowest BCUT2D eigenvalue weighted by atomic mass is 10.4. The number of aromatic nitrogens is 4. The second-order valence-corrected chi connectivity index (χ2v) is 4.22. The Kier molecular flexibility index (Phi) is 2.43. The first kappa shape index (κ1) is 12.1. The van der Waals surface area contributed by atoms with E-state index in [0.717, 1.165) is 4.57 Å². The number of fused-ring (bicyclic) bond motifs is 1. The smallest absolute Gasteiger partial charge is 0.332 e. The molecule has 0 spiro atoms. The van der Waals surface area contributed by atoms with Crippen LogP contribution >= 0.6 is 0 Å². The highest BCUT2D eigenvalue weighted by atomic mass is 16.4. The number of hydrogen-bond acceptors (Lipinski definition) is 6. The molecule has 0 aliphatic heterocycles. The van der Waals surface area contributed by atoms with E-state index in [9.17, 15) is 14.5 Å². The van der Waals surface area contributed by atoms with Crippen molar-refractivity contribution >= 4 is 17.0 Å². The van der Waals surface area contributed by atoms with E-state index in [1.54, 1.807) is 0 Å². The Morgan fingerprint density at radius 2 is 2.00 bits per heavy atom. The Labute approximate surface area is 110 Å². The van der Waals surface area contributed by atoms with E-state index in [1.807, 2.05) is 0 Å². The summed E-state index contributed by atoms with van der Waals surface area (Å²) in [6.45, 7) is 0. The van der Waals surface area contributed by atoms with Gasteiger partial charge in [-0.25, -0.2) is 9.78 Å². The molecule has 3 aromatic heterocycles. The highest BCUT2D eigenvalue weighted by molar-refractivity contribution is 5.74. The first-order valence-electron chi connectivity index (χ1n) is 5.62. The molecule has 0 aromatic carbocycles. The third-order valence-electron chi connectivity index (χ3n) is 3.01. The first-order chi connectivity index (χ1) is 9.52. The molecule has 20 heavy (non-hydrogen) atoms. The minimum Gasteiger partial charge on any atom is -0.432 e. The zero-order valence-electron chi connectivity index (χ0n) is 10.6.